The van der Waals surface area contributed by atoms with E-state index < -0.39 is 33.0 Å². The van der Waals surface area contributed by atoms with E-state index in [1.165, 1.54) is 24.3 Å². The molecule has 0 aromatic heterocycles. The van der Waals surface area contributed by atoms with E-state index in [4.69, 9.17) is 4.18 Å². The van der Waals surface area contributed by atoms with Gasteiger partial charge in [0.2, 0.25) is 5.78 Å². The Morgan fingerprint density at radius 1 is 0.968 bits per heavy atom. The summed E-state index contributed by atoms with van der Waals surface area (Å²) in [5, 5.41) is 1.05. The first-order chi connectivity index (χ1) is 14.9. The van der Waals surface area contributed by atoms with Crippen LogP contribution in [0.1, 0.15) is 16.8 Å². The van der Waals surface area contributed by atoms with Crippen LogP contribution in [0.4, 0.5) is 0 Å². The molecular formula is C23H16N2O5S. The molecule has 154 valence electrons. The molecule has 0 N–H and O–H groups in total. The van der Waals surface area contributed by atoms with Crippen LogP contribution in [0.15, 0.2) is 89.8 Å². The van der Waals surface area contributed by atoms with Crippen LogP contribution in [-0.2, 0) is 19.1 Å². The number of hydrogen-bond donors (Lipinski definition) is 0. The highest BCUT2D eigenvalue weighted by molar-refractivity contribution is 7.87. The number of allylic oxidation sites excluding steroid dienone is 1. The molecule has 3 aromatic rings. The predicted molar refractivity (Wildman–Crippen MR) is 113 cm³/mol. The van der Waals surface area contributed by atoms with E-state index in [0.29, 0.717) is 10.8 Å². The molecule has 0 spiro atoms. The Bertz CT molecular complexity index is 1380. The first-order valence-corrected chi connectivity index (χ1v) is 10.8. The third-order valence-corrected chi connectivity index (χ3v) is 6.46. The Hall–Kier alpha value is -3.71. The smallest absolute Gasteiger partial charge is 0.361 e. The fourth-order valence-electron chi connectivity index (χ4n) is 3.62. The highest BCUT2D eigenvalue weighted by atomic mass is 32.2. The van der Waals surface area contributed by atoms with E-state index >= 15 is 0 Å². The van der Waals surface area contributed by atoms with Crippen molar-refractivity contribution in [2.45, 2.75) is 16.9 Å². The van der Waals surface area contributed by atoms with Crippen molar-refractivity contribution in [1.82, 2.24) is 0 Å². The summed E-state index contributed by atoms with van der Waals surface area (Å²) in [5.74, 6) is -1.62. The summed E-state index contributed by atoms with van der Waals surface area (Å²) in [6.07, 6.45) is 2.14. The van der Waals surface area contributed by atoms with Gasteiger partial charge in [-0.25, -0.2) is 4.18 Å². The summed E-state index contributed by atoms with van der Waals surface area (Å²) >= 11 is 0. The van der Waals surface area contributed by atoms with E-state index in [9.17, 15) is 23.5 Å². The van der Waals surface area contributed by atoms with Crippen molar-refractivity contribution in [3.05, 3.63) is 96.0 Å². The zero-order valence-corrected chi connectivity index (χ0v) is 17.0. The van der Waals surface area contributed by atoms with Gasteiger partial charge in [0.05, 0.1) is 0 Å². The number of carbonyl (C=O) groups excluding carboxylic acids is 2. The maximum absolute atomic E-state index is 13.4. The van der Waals surface area contributed by atoms with Crippen molar-refractivity contribution < 1.29 is 27.0 Å². The van der Waals surface area contributed by atoms with Gasteiger partial charge in [-0.15, -0.1) is 0 Å². The molecule has 1 aliphatic rings. The van der Waals surface area contributed by atoms with Crippen LogP contribution in [0.2, 0.25) is 0 Å². The van der Waals surface area contributed by atoms with E-state index in [1.807, 2.05) is 0 Å². The van der Waals surface area contributed by atoms with E-state index in [-0.39, 0.29) is 16.9 Å². The van der Waals surface area contributed by atoms with E-state index in [1.54, 1.807) is 54.6 Å². The van der Waals surface area contributed by atoms with Gasteiger partial charge in [-0.05, 0) is 17.5 Å². The van der Waals surface area contributed by atoms with Crippen molar-refractivity contribution in [1.29, 1.82) is 0 Å². The third-order valence-electron chi connectivity index (χ3n) is 5.06. The Morgan fingerprint density at radius 3 is 2.39 bits per heavy atom. The van der Waals surface area contributed by atoms with Crippen molar-refractivity contribution >= 4 is 38.2 Å². The minimum absolute atomic E-state index is 0.111. The van der Waals surface area contributed by atoms with Gasteiger partial charge < -0.3 is 5.53 Å². The second kappa shape index (κ2) is 7.85. The number of carbonyl (C=O) groups is 2. The average molecular weight is 432 g/mol. The zero-order valence-electron chi connectivity index (χ0n) is 16.1. The third kappa shape index (κ3) is 3.53. The molecule has 3 aromatic carbocycles. The second-order valence-corrected chi connectivity index (χ2v) is 8.47. The van der Waals surface area contributed by atoms with Crippen LogP contribution in [0, 0.1) is 0 Å². The molecule has 0 bridgehead atoms. The van der Waals surface area contributed by atoms with Crippen molar-refractivity contribution in [3.8, 4) is 0 Å². The van der Waals surface area contributed by atoms with Gasteiger partial charge in [-0.2, -0.15) is 13.2 Å². The SMILES string of the molecule is [N-]=[N+]=C1C(=O)C=CCC1(OS(=O)(=O)c1cccc2ccccc12)C(=O)c1ccccc1. The molecule has 7 nitrogen and oxygen atoms in total. The molecule has 1 unspecified atom stereocenters. The number of rotatable bonds is 5. The number of nitrogens with zero attached hydrogens (tertiary/aromatic N) is 2. The van der Waals surface area contributed by atoms with Gasteiger partial charge in [0.1, 0.15) is 4.90 Å². The van der Waals surface area contributed by atoms with E-state index in [0.717, 1.165) is 6.08 Å². The first kappa shape index (κ1) is 20.6. The van der Waals surface area contributed by atoms with Gasteiger partial charge >= 0.3 is 5.71 Å². The maximum Gasteiger partial charge on any atom is 0.379 e. The molecule has 0 fully saturated rings. The number of ketones is 2. The van der Waals surface area contributed by atoms with Gasteiger partial charge in [0, 0.05) is 17.4 Å². The number of Topliss-reactive ketones (excluding diaryl/α,β-unsaturated/α-hetero) is 1. The molecular weight excluding hydrogens is 416 g/mol. The van der Waals surface area contributed by atoms with E-state index in [2.05, 4.69) is 4.79 Å². The van der Waals surface area contributed by atoms with Gasteiger partial charge in [-0.3, -0.25) is 9.59 Å². The summed E-state index contributed by atoms with van der Waals surface area (Å²) in [6.45, 7) is 0. The fraction of sp³-hybridized carbons (Fsp3) is 0.0870. The standard InChI is InChI=1S/C23H16N2O5S/c24-25-21-19(26)13-7-15-23(21,22(27)17-9-2-1-3-10-17)30-31(28,29)20-14-6-11-16-8-4-5-12-18(16)20/h1-14H,15H2. The lowest BCUT2D eigenvalue weighted by Gasteiger charge is -2.28. The molecule has 0 radical (unpaired) electrons. The fourth-order valence-corrected chi connectivity index (χ4v) is 5.00. The minimum atomic E-state index is -4.56. The Morgan fingerprint density at radius 2 is 1.65 bits per heavy atom. The highest BCUT2D eigenvalue weighted by Crippen LogP contribution is 2.34. The number of benzene rings is 3. The van der Waals surface area contributed by atoms with Crippen molar-refractivity contribution in [3.63, 3.8) is 0 Å². The number of hydrogen-bond acceptors (Lipinski definition) is 5. The maximum atomic E-state index is 13.4. The second-order valence-electron chi connectivity index (χ2n) is 6.96. The molecule has 0 saturated heterocycles. The molecule has 1 atom stereocenters. The molecule has 4 rings (SSSR count). The van der Waals surface area contributed by atoms with Gasteiger partial charge in [0.25, 0.3) is 21.5 Å². The van der Waals surface area contributed by atoms with Gasteiger partial charge in [0.15, 0.2) is 0 Å². The summed E-state index contributed by atoms with van der Waals surface area (Å²) in [7, 11) is -4.56. The summed E-state index contributed by atoms with van der Waals surface area (Å²) in [6, 6.07) is 19.3. The zero-order chi connectivity index (χ0) is 22.1. The molecule has 31 heavy (non-hydrogen) atoms. The lowest BCUT2D eigenvalue weighted by atomic mass is 9.80. The van der Waals surface area contributed by atoms with Gasteiger partial charge in [-0.1, -0.05) is 72.8 Å². The Kier molecular flexibility index (Phi) is 5.20. The van der Waals surface area contributed by atoms with Crippen molar-refractivity contribution in [2.24, 2.45) is 0 Å². The van der Waals surface area contributed by atoms with Crippen LogP contribution >= 0.6 is 0 Å². The summed E-state index contributed by atoms with van der Waals surface area (Å²) in [4.78, 5) is 28.7. The van der Waals surface area contributed by atoms with Crippen LogP contribution in [0.5, 0.6) is 0 Å². The Labute approximate surface area is 178 Å². The quantitative estimate of drug-likeness (QED) is 0.265. The normalized spacial score (nSPS) is 18.7. The summed E-state index contributed by atoms with van der Waals surface area (Å²) in [5.41, 5.74) is 6.63. The monoisotopic (exact) mass is 432 g/mol. The predicted octanol–water partition coefficient (Wildman–Crippen LogP) is 3.37. The lowest BCUT2D eigenvalue weighted by molar-refractivity contribution is -0.115. The first-order valence-electron chi connectivity index (χ1n) is 9.36. The Balaban J connectivity index is 1.91. The van der Waals surface area contributed by atoms with Crippen LogP contribution in [0.25, 0.3) is 16.3 Å². The van der Waals surface area contributed by atoms with Crippen molar-refractivity contribution in [2.75, 3.05) is 0 Å². The molecule has 1 aliphatic carbocycles. The average Bonchev–Trinajstić information content (AvgIpc) is 2.78. The lowest BCUT2D eigenvalue weighted by Crippen LogP contribution is -2.54. The molecule has 0 amide bonds. The largest absolute Gasteiger partial charge is 0.379 e. The van der Waals surface area contributed by atoms with Crippen LogP contribution < -0.4 is 0 Å². The number of fused-ring (bicyclic) bond motifs is 1. The van der Waals surface area contributed by atoms with Crippen LogP contribution in [0.3, 0.4) is 0 Å². The molecule has 8 heteroatoms. The van der Waals surface area contributed by atoms with Crippen LogP contribution in [-0.4, -0.2) is 36.1 Å². The molecule has 0 saturated carbocycles. The topological polar surface area (TPSA) is 114 Å². The minimum Gasteiger partial charge on any atom is -0.361 e. The highest BCUT2D eigenvalue weighted by Gasteiger charge is 2.58. The molecule has 0 aliphatic heterocycles. The molecule has 0 heterocycles. The summed E-state index contributed by atoms with van der Waals surface area (Å²) < 4.78 is 32.3.